The van der Waals surface area contributed by atoms with Gasteiger partial charge in [-0.2, -0.15) is 0 Å². The number of rotatable bonds is 0. The van der Waals surface area contributed by atoms with Crippen LogP contribution >= 0.6 is 0 Å². The van der Waals surface area contributed by atoms with Crippen LogP contribution in [0.25, 0.3) is 0 Å². The van der Waals surface area contributed by atoms with Crippen LogP contribution in [-0.2, 0) is 0 Å². The number of nitrogens with zero attached hydrogens (tertiary/aromatic N) is 2. The molecule has 8 heavy (non-hydrogen) atoms. The molecule has 0 radical (unpaired) electrons. The molecule has 0 saturated carbocycles. The summed E-state index contributed by atoms with van der Waals surface area (Å²) < 4.78 is 0. The van der Waals surface area contributed by atoms with Crippen LogP contribution in [0.5, 0.6) is 0 Å². The largest absolute Gasteiger partial charge is 0.297 e. The normalized spacial score (nSPS) is 38.9. The van der Waals surface area contributed by atoms with Gasteiger partial charge in [0.1, 0.15) is 0 Å². The van der Waals surface area contributed by atoms with Crippen molar-refractivity contribution in [3.63, 3.8) is 0 Å². The van der Waals surface area contributed by atoms with E-state index in [-0.39, 0.29) is 6.29 Å². The van der Waals surface area contributed by atoms with E-state index in [0.29, 0.717) is 6.04 Å². The van der Waals surface area contributed by atoms with Crippen LogP contribution in [0.1, 0.15) is 6.92 Å². The van der Waals surface area contributed by atoms with Crippen molar-refractivity contribution in [1.82, 2.24) is 4.90 Å². The third-order valence-corrected chi connectivity index (χ3v) is 1.51. The van der Waals surface area contributed by atoms with E-state index in [1.165, 1.54) is 0 Å². The van der Waals surface area contributed by atoms with E-state index in [9.17, 15) is 0 Å². The van der Waals surface area contributed by atoms with Gasteiger partial charge in [0.2, 0.25) is 0 Å². The molecule has 0 amide bonds. The predicted octanol–water partition coefficient (Wildman–Crippen LogP) is -0.367. The average molecular weight is 113 g/mol. The summed E-state index contributed by atoms with van der Waals surface area (Å²) in [4.78, 5) is 5.98. The lowest BCUT2D eigenvalue weighted by molar-refractivity contribution is 0.262. The molecular weight excluding hydrogens is 102 g/mol. The van der Waals surface area contributed by atoms with E-state index in [1.807, 2.05) is 18.2 Å². The minimum atomic E-state index is -0.106. The second-order valence-electron chi connectivity index (χ2n) is 2.12. The van der Waals surface area contributed by atoms with E-state index >= 15 is 0 Å². The minimum Gasteiger partial charge on any atom is -0.297 e. The van der Waals surface area contributed by atoms with Crippen molar-refractivity contribution in [1.29, 1.82) is 0 Å². The van der Waals surface area contributed by atoms with Gasteiger partial charge in [-0.3, -0.25) is 15.6 Å². The highest BCUT2D eigenvalue weighted by Crippen LogP contribution is 2.03. The van der Waals surface area contributed by atoms with Crippen LogP contribution in [0.2, 0.25) is 0 Å². The summed E-state index contributed by atoms with van der Waals surface area (Å²) in [5.74, 6) is 0. The first kappa shape index (κ1) is 5.72. The highest BCUT2D eigenvalue weighted by molar-refractivity contribution is 5.65. The highest BCUT2D eigenvalue weighted by Gasteiger charge is 2.18. The van der Waals surface area contributed by atoms with Crippen molar-refractivity contribution in [3.8, 4) is 0 Å². The van der Waals surface area contributed by atoms with Gasteiger partial charge < -0.3 is 0 Å². The van der Waals surface area contributed by atoms with E-state index < -0.39 is 0 Å². The number of aliphatic imine (C=N–C) groups is 1. The summed E-state index contributed by atoms with van der Waals surface area (Å²) in [5.41, 5.74) is 5.50. The number of hydrogen-bond donors (Lipinski definition) is 1. The summed E-state index contributed by atoms with van der Waals surface area (Å²) in [6.45, 7) is 2.07. The van der Waals surface area contributed by atoms with E-state index in [4.69, 9.17) is 5.73 Å². The smallest absolute Gasteiger partial charge is 0.153 e. The zero-order valence-corrected chi connectivity index (χ0v) is 5.20. The molecule has 2 atom stereocenters. The lowest BCUT2D eigenvalue weighted by atomic mass is 10.4. The van der Waals surface area contributed by atoms with Gasteiger partial charge in [0.25, 0.3) is 0 Å². The van der Waals surface area contributed by atoms with Crippen molar-refractivity contribution in [3.05, 3.63) is 0 Å². The Kier molecular flexibility index (Phi) is 1.31. The van der Waals surface area contributed by atoms with E-state index in [2.05, 4.69) is 11.9 Å². The molecule has 1 heterocycles. The van der Waals surface area contributed by atoms with Crippen molar-refractivity contribution >= 4 is 6.21 Å². The Labute approximate surface area is 49.2 Å². The van der Waals surface area contributed by atoms with Gasteiger partial charge in [-0.25, -0.2) is 0 Å². The van der Waals surface area contributed by atoms with E-state index in [0.717, 1.165) is 0 Å². The maximum atomic E-state index is 5.50. The zero-order valence-electron chi connectivity index (χ0n) is 5.20. The lowest BCUT2D eigenvalue weighted by Crippen LogP contribution is -2.37. The number of nitrogens with two attached hydrogens (primary N) is 1. The monoisotopic (exact) mass is 113 g/mol. The molecule has 0 aliphatic carbocycles. The first-order valence-corrected chi connectivity index (χ1v) is 2.72. The Hall–Kier alpha value is -0.410. The third kappa shape index (κ3) is 0.743. The Bertz CT molecular complexity index is 98.2. The summed E-state index contributed by atoms with van der Waals surface area (Å²) in [6.07, 6.45) is 1.76. The second-order valence-corrected chi connectivity index (χ2v) is 2.12. The topological polar surface area (TPSA) is 41.6 Å². The molecule has 1 aliphatic rings. The van der Waals surface area contributed by atoms with Gasteiger partial charge in [-0.05, 0) is 14.0 Å². The molecular formula is C5H11N3. The molecule has 0 aromatic carbocycles. The van der Waals surface area contributed by atoms with Crippen LogP contribution in [0.4, 0.5) is 0 Å². The van der Waals surface area contributed by atoms with Crippen LogP contribution < -0.4 is 5.73 Å². The standard InChI is InChI=1S/C5H11N3/c1-4-3-7-5(6)8(4)2/h3-5H,6H2,1-2H3. The second kappa shape index (κ2) is 1.84. The van der Waals surface area contributed by atoms with Crippen LogP contribution in [0.3, 0.4) is 0 Å². The molecule has 3 nitrogen and oxygen atoms in total. The first-order valence-electron chi connectivity index (χ1n) is 2.72. The fraction of sp³-hybridized carbons (Fsp3) is 0.800. The van der Waals surface area contributed by atoms with Crippen molar-refractivity contribution < 1.29 is 0 Å². The highest BCUT2D eigenvalue weighted by atomic mass is 15.3. The van der Waals surface area contributed by atoms with Gasteiger partial charge in [0.05, 0.1) is 0 Å². The molecule has 2 unspecified atom stereocenters. The van der Waals surface area contributed by atoms with Gasteiger partial charge >= 0.3 is 0 Å². The molecule has 1 rings (SSSR count). The van der Waals surface area contributed by atoms with Gasteiger partial charge in [0, 0.05) is 12.3 Å². The van der Waals surface area contributed by atoms with Crippen molar-refractivity contribution in [2.75, 3.05) is 7.05 Å². The van der Waals surface area contributed by atoms with Gasteiger partial charge in [-0.1, -0.05) is 0 Å². The SMILES string of the molecule is CC1C=NC(N)N1C. The molecule has 3 heteroatoms. The van der Waals surface area contributed by atoms with Crippen LogP contribution in [-0.4, -0.2) is 30.5 Å². The predicted molar refractivity (Wildman–Crippen MR) is 33.7 cm³/mol. The average Bonchev–Trinajstić information content (AvgIpc) is 1.98. The lowest BCUT2D eigenvalue weighted by Gasteiger charge is -2.16. The first-order chi connectivity index (χ1) is 3.72. The molecule has 0 bridgehead atoms. The molecule has 0 fully saturated rings. The number of hydrogen-bond acceptors (Lipinski definition) is 3. The Balaban J connectivity index is 2.55. The maximum absolute atomic E-state index is 5.50. The van der Waals surface area contributed by atoms with E-state index in [1.54, 1.807) is 0 Å². The molecule has 0 aromatic heterocycles. The van der Waals surface area contributed by atoms with Crippen molar-refractivity contribution in [2.24, 2.45) is 10.7 Å². The summed E-state index contributed by atoms with van der Waals surface area (Å²) >= 11 is 0. The minimum absolute atomic E-state index is 0.106. The molecule has 1 aliphatic heterocycles. The third-order valence-electron chi connectivity index (χ3n) is 1.51. The summed E-state index contributed by atoms with van der Waals surface area (Å²) in [6, 6.07) is 0.407. The molecule has 0 spiro atoms. The van der Waals surface area contributed by atoms with Crippen LogP contribution in [0, 0.1) is 0 Å². The Morgan fingerprint density at radius 3 is 2.50 bits per heavy atom. The summed E-state index contributed by atoms with van der Waals surface area (Å²) in [5, 5.41) is 0. The fourth-order valence-electron chi connectivity index (χ4n) is 0.664. The van der Waals surface area contributed by atoms with Gasteiger partial charge in [-0.15, -0.1) is 0 Å². The summed E-state index contributed by atoms with van der Waals surface area (Å²) in [7, 11) is 1.96. The van der Waals surface area contributed by atoms with Crippen LogP contribution in [0.15, 0.2) is 4.99 Å². The quantitative estimate of drug-likeness (QED) is 0.466. The Morgan fingerprint density at radius 1 is 1.75 bits per heavy atom. The molecule has 2 N–H and O–H groups in total. The van der Waals surface area contributed by atoms with Gasteiger partial charge in [0.15, 0.2) is 6.29 Å². The molecule has 0 saturated heterocycles. The fourth-order valence-corrected chi connectivity index (χ4v) is 0.664. The molecule has 46 valence electrons. The molecule has 0 aromatic rings. The maximum Gasteiger partial charge on any atom is 0.153 e. The van der Waals surface area contributed by atoms with Crippen molar-refractivity contribution in [2.45, 2.75) is 19.3 Å². The Morgan fingerprint density at radius 2 is 2.38 bits per heavy atom. The zero-order chi connectivity index (χ0) is 6.15.